The second kappa shape index (κ2) is 9.22. The maximum Gasteiger partial charge on any atom is 0.0464 e. The molecule has 0 saturated heterocycles. The van der Waals surface area contributed by atoms with Crippen LogP contribution in [0, 0.1) is 82.9 Å². The van der Waals surface area contributed by atoms with Gasteiger partial charge in [-0.15, -0.1) is 0 Å². The Morgan fingerprint density at radius 1 is 0.690 bits per heavy atom. The topological polar surface area (TPSA) is 20.2 Å². The molecule has 0 amide bonds. The zero-order valence-electron chi connectivity index (χ0n) is 21.1. The van der Waals surface area contributed by atoms with Crippen molar-refractivity contribution in [2.45, 2.75) is 88.0 Å². The molecule has 0 aliphatic heterocycles. The minimum atomic E-state index is 0.437. The summed E-state index contributed by atoms with van der Waals surface area (Å²) in [6, 6.07) is 0. The van der Waals surface area contributed by atoms with Crippen LogP contribution in [0.4, 0.5) is 0 Å². The Bertz CT molecular complexity index is 522. The number of aliphatic hydroxyl groups excluding tert-OH is 1. The molecule has 0 aromatic heterocycles. The van der Waals surface area contributed by atoms with Gasteiger partial charge in [-0.05, 0) is 102 Å². The first kappa shape index (κ1) is 23.6. The monoisotopic (exact) mass is 404 g/mol. The van der Waals surface area contributed by atoms with Gasteiger partial charge in [0.15, 0.2) is 0 Å². The van der Waals surface area contributed by atoms with Gasteiger partial charge in [0.1, 0.15) is 0 Å². The maximum atomic E-state index is 10.8. The van der Waals surface area contributed by atoms with Gasteiger partial charge in [-0.1, -0.05) is 68.7 Å². The third-order valence-corrected chi connectivity index (χ3v) is 10.8. The summed E-state index contributed by atoms with van der Waals surface area (Å²) in [5.41, 5.74) is 0. The van der Waals surface area contributed by atoms with E-state index in [0.717, 1.165) is 76.9 Å². The fourth-order valence-electron chi connectivity index (χ4n) is 8.68. The van der Waals surface area contributed by atoms with E-state index >= 15 is 0 Å². The SMILES string of the molecule is CCC1CC(C(C)C)C2CC1C1C(C(C)C(C)C)CC(C(C)C(C)C)C2C1CO. The fraction of sp³-hybridized carbons (Fsp3) is 1.00. The van der Waals surface area contributed by atoms with Gasteiger partial charge in [-0.3, -0.25) is 0 Å². The first-order valence-corrected chi connectivity index (χ1v) is 13.2. The average Bonchev–Trinajstić information content (AvgIpc) is 2.69. The third kappa shape index (κ3) is 4.08. The highest BCUT2D eigenvalue weighted by Gasteiger charge is 2.60. The second-order valence-corrected chi connectivity index (χ2v) is 12.6. The van der Waals surface area contributed by atoms with Crippen molar-refractivity contribution in [3.8, 4) is 0 Å². The highest BCUT2D eigenvalue weighted by molar-refractivity contribution is 5.08. The Kier molecular flexibility index (Phi) is 7.51. The largest absolute Gasteiger partial charge is 0.396 e. The maximum absolute atomic E-state index is 10.8. The van der Waals surface area contributed by atoms with Crippen LogP contribution in [-0.4, -0.2) is 11.7 Å². The van der Waals surface area contributed by atoms with Crippen LogP contribution in [-0.2, 0) is 0 Å². The molecule has 3 saturated carbocycles. The molecule has 29 heavy (non-hydrogen) atoms. The van der Waals surface area contributed by atoms with Crippen molar-refractivity contribution in [3.63, 3.8) is 0 Å². The van der Waals surface area contributed by atoms with E-state index in [2.05, 4.69) is 62.3 Å². The van der Waals surface area contributed by atoms with Crippen LogP contribution in [0.1, 0.15) is 88.0 Å². The van der Waals surface area contributed by atoms with Gasteiger partial charge in [0.2, 0.25) is 0 Å². The van der Waals surface area contributed by atoms with Crippen molar-refractivity contribution in [1.29, 1.82) is 0 Å². The predicted molar refractivity (Wildman–Crippen MR) is 125 cm³/mol. The van der Waals surface area contributed by atoms with Crippen LogP contribution in [0.25, 0.3) is 0 Å². The molecular weight excluding hydrogens is 352 g/mol. The van der Waals surface area contributed by atoms with Crippen molar-refractivity contribution in [2.24, 2.45) is 82.9 Å². The molecule has 1 nitrogen and oxygen atoms in total. The molecule has 3 fully saturated rings. The van der Waals surface area contributed by atoms with Crippen molar-refractivity contribution >= 4 is 0 Å². The minimum absolute atomic E-state index is 0.437. The Labute approximate surface area is 182 Å². The lowest BCUT2D eigenvalue weighted by Gasteiger charge is -2.65. The summed E-state index contributed by atoms with van der Waals surface area (Å²) in [5, 5.41) is 10.8. The van der Waals surface area contributed by atoms with E-state index in [4.69, 9.17) is 0 Å². The van der Waals surface area contributed by atoms with Crippen LogP contribution in [0.15, 0.2) is 0 Å². The van der Waals surface area contributed by atoms with Crippen molar-refractivity contribution in [2.75, 3.05) is 6.61 Å². The molecule has 4 bridgehead atoms. The Morgan fingerprint density at radius 3 is 1.62 bits per heavy atom. The third-order valence-electron chi connectivity index (χ3n) is 10.8. The van der Waals surface area contributed by atoms with Crippen LogP contribution in [0.3, 0.4) is 0 Å². The van der Waals surface area contributed by atoms with Crippen molar-refractivity contribution in [1.82, 2.24) is 0 Å². The quantitative estimate of drug-likeness (QED) is 0.469. The zero-order chi connectivity index (χ0) is 21.6. The Morgan fingerprint density at radius 2 is 1.21 bits per heavy atom. The lowest BCUT2D eigenvalue weighted by Crippen LogP contribution is -2.60. The molecule has 1 heteroatoms. The molecule has 0 aromatic rings. The first-order chi connectivity index (χ1) is 13.6. The molecule has 11 atom stereocenters. The standard InChI is InChI=1S/C28H52O/c1-10-20-11-21(17(6)7)25-13-24(20)27-22(18(8)15(2)3)12-23(19(9)16(4)5)28(25)26(27)14-29/h15-29H,10-14H2,1-9H3. The van der Waals surface area contributed by atoms with E-state index in [0.29, 0.717) is 12.5 Å². The molecule has 3 aliphatic rings. The van der Waals surface area contributed by atoms with Crippen LogP contribution < -0.4 is 0 Å². The molecule has 11 unspecified atom stereocenters. The lowest BCUT2D eigenvalue weighted by atomic mass is 9.40. The van der Waals surface area contributed by atoms with Gasteiger partial charge >= 0.3 is 0 Å². The molecule has 0 radical (unpaired) electrons. The Balaban J connectivity index is 2.07. The van der Waals surface area contributed by atoms with E-state index < -0.39 is 0 Å². The molecule has 3 rings (SSSR count). The van der Waals surface area contributed by atoms with E-state index in [1.807, 2.05) is 0 Å². The smallest absolute Gasteiger partial charge is 0.0464 e. The number of rotatable bonds is 7. The summed E-state index contributed by atoms with van der Waals surface area (Å²) in [7, 11) is 0. The molecule has 170 valence electrons. The summed E-state index contributed by atoms with van der Waals surface area (Å²) >= 11 is 0. The number of hydrogen-bond donors (Lipinski definition) is 1. The summed E-state index contributed by atoms with van der Waals surface area (Å²) in [6.45, 7) is 22.6. The predicted octanol–water partition coefficient (Wildman–Crippen LogP) is 7.39. The Hall–Kier alpha value is -0.0400. The fourth-order valence-corrected chi connectivity index (χ4v) is 8.68. The van der Waals surface area contributed by atoms with E-state index in [1.54, 1.807) is 0 Å². The highest BCUT2D eigenvalue weighted by Crippen LogP contribution is 2.65. The molecular formula is C28H52O. The van der Waals surface area contributed by atoms with Crippen LogP contribution in [0.5, 0.6) is 0 Å². The summed E-state index contributed by atoms with van der Waals surface area (Å²) in [4.78, 5) is 0. The number of hydrogen-bond acceptors (Lipinski definition) is 1. The van der Waals surface area contributed by atoms with Gasteiger partial charge in [-0.25, -0.2) is 0 Å². The van der Waals surface area contributed by atoms with Gasteiger partial charge < -0.3 is 5.11 Å². The van der Waals surface area contributed by atoms with Crippen LogP contribution >= 0.6 is 0 Å². The molecule has 0 aromatic carbocycles. The average molecular weight is 405 g/mol. The normalized spacial score (nSPS) is 44.4. The summed E-state index contributed by atoms with van der Waals surface area (Å²) in [5.74, 6) is 11.0. The van der Waals surface area contributed by atoms with Gasteiger partial charge in [0.05, 0.1) is 0 Å². The number of aliphatic hydroxyl groups is 1. The molecule has 0 heterocycles. The van der Waals surface area contributed by atoms with E-state index in [-0.39, 0.29) is 0 Å². The molecule has 1 N–H and O–H groups in total. The summed E-state index contributed by atoms with van der Waals surface area (Å²) in [6.07, 6.45) is 5.70. The van der Waals surface area contributed by atoms with Crippen LogP contribution in [0.2, 0.25) is 0 Å². The van der Waals surface area contributed by atoms with E-state index in [9.17, 15) is 5.11 Å². The minimum Gasteiger partial charge on any atom is -0.396 e. The lowest BCUT2D eigenvalue weighted by molar-refractivity contribution is -0.177. The number of fused-ring (bicyclic) bond motifs is 6. The first-order valence-electron chi connectivity index (χ1n) is 13.2. The summed E-state index contributed by atoms with van der Waals surface area (Å²) < 4.78 is 0. The van der Waals surface area contributed by atoms with E-state index in [1.165, 1.54) is 25.7 Å². The molecule has 0 spiro atoms. The zero-order valence-corrected chi connectivity index (χ0v) is 21.1. The van der Waals surface area contributed by atoms with Crippen molar-refractivity contribution < 1.29 is 5.11 Å². The van der Waals surface area contributed by atoms with Crippen molar-refractivity contribution in [3.05, 3.63) is 0 Å². The van der Waals surface area contributed by atoms with Gasteiger partial charge in [0, 0.05) is 6.61 Å². The molecule has 3 aliphatic carbocycles. The van der Waals surface area contributed by atoms with Gasteiger partial charge in [0.25, 0.3) is 0 Å². The van der Waals surface area contributed by atoms with Gasteiger partial charge in [-0.2, -0.15) is 0 Å². The second-order valence-electron chi connectivity index (χ2n) is 12.6. The highest BCUT2D eigenvalue weighted by atomic mass is 16.3.